The smallest absolute Gasteiger partial charge is 0.317 e. The van der Waals surface area contributed by atoms with E-state index < -0.39 is 22.4 Å². The van der Waals surface area contributed by atoms with Crippen LogP contribution in [0.4, 0.5) is 0 Å². The number of ether oxygens (including phenoxy) is 1. The molecule has 0 radical (unpaired) electrons. The van der Waals surface area contributed by atoms with Crippen molar-refractivity contribution in [2.45, 2.75) is 5.92 Å². The van der Waals surface area contributed by atoms with Crippen LogP contribution in [-0.4, -0.2) is 23.5 Å². The van der Waals surface area contributed by atoms with E-state index in [0.717, 1.165) is 0 Å². The molecule has 28 heavy (non-hydrogen) atoms. The number of fused-ring (bicyclic) bond motifs is 1. The molecule has 8 heteroatoms. The predicted molar refractivity (Wildman–Crippen MR) is 100 cm³/mol. The molecule has 0 fully saturated rings. The van der Waals surface area contributed by atoms with Crippen molar-refractivity contribution in [1.82, 2.24) is 5.32 Å². The summed E-state index contributed by atoms with van der Waals surface area (Å²) in [7, 11) is 1.45. The predicted octanol–water partition coefficient (Wildman–Crippen LogP) is 3.45. The highest BCUT2D eigenvalue weighted by Gasteiger charge is 2.48. The maximum absolute atomic E-state index is 13.2. The van der Waals surface area contributed by atoms with Gasteiger partial charge in [-0.2, -0.15) is 0 Å². The quantitative estimate of drug-likeness (QED) is 0.630. The van der Waals surface area contributed by atoms with Gasteiger partial charge < -0.3 is 10.1 Å². The first-order chi connectivity index (χ1) is 13.4. The summed E-state index contributed by atoms with van der Waals surface area (Å²) >= 11 is 5.95. The third-order valence-electron chi connectivity index (χ3n) is 4.74. The third kappa shape index (κ3) is 2.59. The van der Waals surface area contributed by atoms with E-state index in [-0.39, 0.29) is 34.0 Å². The SMILES string of the molecule is CNC1=C([N+](=O)[O-])C(c2ccc(Cl)cc2)C2=C(O1)C(=O)c1ccccc1C2=O. The first kappa shape index (κ1) is 17.9. The van der Waals surface area contributed by atoms with Crippen molar-refractivity contribution in [3.63, 3.8) is 0 Å². The van der Waals surface area contributed by atoms with Gasteiger partial charge in [0.15, 0.2) is 11.5 Å². The molecule has 7 nitrogen and oxygen atoms in total. The Morgan fingerprint density at radius 3 is 2.21 bits per heavy atom. The highest BCUT2D eigenvalue weighted by molar-refractivity contribution is 6.30. The van der Waals surface area contributed by atoms with Crippen LogP contribution >= 0.6 is 11.6 Å². The van der Waals surface area contributed by atoms with Gasteiger partial charge >= 0.3 is 5.70 Å². The van der Waals surface area contributed by atoms with Crippen LogP contribution in [0.1, 0.15) is 32.2 Å². The number of hydrogen-bond donors (Lipinski definition) is 1. The number of carbonyl (C=O) groups excluding carboxylic acids is 2. The Morgan fingerprint density at radius 2 is 1.64 bits per heavy atom. The number of hydrogen-bond acceptors (Lipinski definition) is 6. The monoisotopic (exact) mass is 396 g/mol. The summed E-state index contributed by atoms with van der Waals surface area (Å²) in [4.78, 5) is 37.5. The van der Waals surface area contributed by atoms with Gasteiger partial charge in [-0.1, -0.05) is 48.0 Å². The second kappa shape index (κ2) is 6.61. The Labute approximate surface area is 164 Å². The summed E-state index contributed by atoms with van der Waals surface area (Å²) in [5, 5.41) is 14.9. The van der Waals surface area contributed by atoms with E-state index in [9.17, 15) is 19.7 Å². The molecule has 2 aromatic rings. The minimum absolute atomic E-state index is 0.0447. The van der Waals surface area contributed by atoms with Gasteiger partial charge in [-0.05, 0) is 17.7 Å². The first-order valence-corrected chi connectivity index (χ1v) is 8.74. The normalized spacial score (nSPS) is 18.4. The number of ketones is 2. The van der Waals surface area contributed by atoms with Crippen molar-refractivity contribution < 1.29 is 19.2 Å². The lowest BCUT2D eigenvalue weighted by Crippen LogP contribution is -2.35. The van der Waals surface area contributed by atoms with Crippen LogP contribution in [0.5, 0.6) is 0 Å². The lowest BCUT2D eigenvalue weighted by molar-refractivity contribution is -0.433. The highest BCUT2D eigenvalue weighted by Crippen LogP contribution is 2.44. The molecule has 1 aliphatic carbocycles. The van der Waals surface area contributed by atoms with Crippen molar-refractivity contribution in [3.8, 4) is 0 Å². The number of carbonyl (C=O) groups is 2. The highest BCUT2D eigenvalue weighted by atomic mass is 35.5. The molecule has 1 aliphatic heterocycles. The van der Waals surface area contributed by atoms with Crippen molar-refractivity contribution in [2.75, 3.05) is 7.05 Å². The van der Waals surface area contributed by atoms with Gasteiger partial charge in [0.05, 0.1) is 10.5 Å². The Morgan fingerprint density at radius 1 is 1.04 bits per heavy atom. The Bertz CT molecular complexity index is 1100. The van der Waals surface area contributed by atoms with E-state index in [2.05, 4.69) is 5.32 Å². The fourth-order valence-corrected chi connectivity index (χ4v) is 3.63. The van der Waals surface area contributed by atoms with Gasteiger partial charge in [-0.3, -0.25) is 19.7 Å². The number of rotatable bonds is 3. The minimum atomic E-state index is -1.08. The zero-order chi connectivity index (χ0) is 20.0. The van der Waals surface area contributed by atoms with Gasteiger partial charge in [0.25, 0.3) is 5.88 Å². The zero-order valence-electron chi connectivity index (χ0n) is 14.6. The molecule has 1 N–H and O–H groups in total. The lowest BCUT2D eigenvalue weighted by Gasteiger charge is -2.30. The number of nitro groups is 1. The molecule has 2 aliphatic rings. The van der Waals surface area contributed by atoms with Crippen molar-refractivity contribution in [2.24, 2.45) is 0 Å². The molecule has 2 aromatic carbocycles. The molecule has 1 heterocycles. The summed E-state index contributed by atoms with van der Waals surface area (Å²) in [6, 6.07) is 12.7. The molecule has 0 aromatic heterocycles. The van der Waals surface area contributed by atoms with Crippen LogP contribution in [0.3, 0.4) is 0 Å². The molecule has 0 saturated carbocycles. The molecule has 1 atom stereocenters. The molecule has 0 bridgehead atoms. The number of nitrogens with one attached hydrogen (secondary N) is 1. The van der Waals surface area contributed by atoms with Gasteiger partial charge in [-0.15, -0.1) is 0 Å². The second-order valence-electron chi connectivity index (χ2n) is 6.25. The largest absolute Gasteiger partial charge is 0.431 e. The van der Waals surface area contributed by atoms with Crippen molar-refractivity contribution in [3.05, 3.63) is 103 Å². The van der Waals surface area contributed by atoms with Crippen LogP contribution < -0.4 is 5.32 Å². The fraction of sp³-hybridized carbons (Fsp3) is 0.100. The number of benzene rings is 2. The first-order valence-electron chi connectivity index (χ1n) is 8.36. The van der Waals surface area contributed by atoms with Crippen molar-refractivity contribution >= 4 is 23.2 Å². The Balaban J connectivity index is 2.00. The number of Topliss-reactive ketones (excluding diaryl/α,β-unsaturated/α-hetero) is 2. The lowest BCUT2D eigenvalue weighted by atomic mass is 9.77. The third-order valence-corrected chi connectivity index (χ3v) is 4.99. The van der Waals surface area contributed by atoms with Crippen molar-refractivity contribution in [1.29, 1.82) is 0 Å². The second-order valence-corrected chi connectivity index (χ2v) is 6.69. The molecule has 140 valence electrons. The van der Waals surface area contributed by atoms with Gasteiger partial charge in [0.2, 0.25) is 5.78 Å². The molecular formula is C20H13ClN2O5. The average Bonchev–Trinajstić information content (AvgIpc) is 2.71. The summed E-state index contributed by atoms with van der Waals surface area (Å²) in [5.74, 6) is -2.41. The van der Waals surface area contributed by atoms with E-state index in [4.69, 9.17) is 16.3 Å². The number of allylic oxidation sites excluding steroid dienone is 2. The van der Waals surface area contributed by atoms with Crippen LogP contribution in [0.25, 0.3) is 0 Å². The molecule has 1 unspecified atom stereocenters. The topological polar surface area (TPSA) is 98.5 Å². The molecule has 0 saturated heterocycles. The summed E-state index contributed by atoms with van der Waals surface area (Å²) in [6.07, 6.45) is 0. The fourth-order valence-electron chi connectivity index (χ4n) is 3.50. The Kier molecular flexibility index (Phi) is 4.24. The molecule has 0 amide bonds. The average molecular weight is 397 g/mol. The summed E-state index contributed by atoms with van der Waals surface area (Å²) in [6.45, 7) is 0. The van der Waals surface area contributed by atoms with Gasteiger partial charge in [0, 0.05) is 23.2 Å². The van der Waals surface area contributed by atoms with E-state index in [0.29, 0.717) is 10.6 Å². The van der Waals surface area contributed by atoms with E-state index in [1.807, 2.05) is 0 Å². The standard InChI is InChI=1S/C20H13ClN2O5/c1-22-20-16(23(26)27)14(10-6-8-11(21)9-7-10)15-17(24)12-4-2-3-5-13(12)18(25)19(15)28-20/h2-9,14,22H,1H3. The number of nitrogens with zero attached hydrogens (tertiary/aromatic N) is 1. The van der Waals surface area contributed by atoms with Gasteiger partial charge in [0.1, 0.15) is 5.92 Å². The maximum Gasteiger partial charge on any atom is 0.317 e. The van der Waals surface area contributed by atoms with E-state index in [1.165, 1.54) is 19.2 Å². The molecule has 0 spiro atoms. The van der Waals surface area contributed by atoms with Crippen LogP contribution in [0.2, 0.25) is 5.02 Å². The summed E-state index contributed by atoms with van der Waals surface area (Å²) < 4.78 is 5.54. The van der Waals surface area contributed by atoms with Crippen LogP contribution in [-0.2, 0) is 4.74 Å². The van der Waals surface area contributed by atoms with E-state index in [1.54, 1.807) is 36.4 Å². The Hall–Kier alpha value is -3.45. The number of halogens is 1. The zero-order valence-corrected chi connectivity index (χ0v) is 15.3. The van der Waals surface area contributed by atoms with Gasteiger partial charge in [-0.25, -0.2) is 0 Å². The summed E-state index contributed by atoms with van der Waals surface area (Å²) in [5.41, 5.74) is 0.478. The van der Waals surface area contributed by atoms with Crippen LogP contribution in [0, 0.1) is 10.1 Å². The van der Waals surface area contributed by atoms with E-state index >= 15 is 0 Å². The maximum atomic E-state index is 13.2. The minimum Gasteiger partial charge on any atom is -0.431 e. The van der Waals surface area contributed by atoms with Crippen LogP contribution in [0.15, 0.2) is 71.4 Å². The molecule has 4 rings (SSSR count). The molecular weight excluding hydrogens is 384 g/mol.